The number of halogens is 1. The van der Waals surface area contributed by atoms with E-state index in [0.29, 0.717) is 5.75 Å². The first-order valence-corrected chi connectivity index (χ1v) is 7.51. The van der Waals surface area contributed by atoms with Crippen molar-refractivity contribution in [1.29, 1.82) is 0 Å². The van der Waals surface area contributed by atoms with Gasteiger partial charge in [-0.1, -0.05) is 22.9 Å². The van der Waals surface area contributed by atoms with Crippen molar-refractivity contribution in [3.8, 4) is 5.75 Å². The number of nitrogens with one attached hydrogen (secondary N) is 1. The van der Waals surface area contributed by atoms with Crippen LogP contribution in [0.5, 0.6) is 5.75 Å². The molecule has 5 heteroatoms. The number of phenolic OH excluding ortho intramolecular Hbond substituents is 1. The minimum absolute atomic E-state index is 0.118. The summed E-state index contributed by atoms with van der Waals surface area (Å²) in [4.78, 5) is 0. The number of benzene rings is 1. The molecule has 1 aromatic carbocycles. The van der Waals surface area contributed by atoms with E-state index in [9.17, 15) is 5.11 Å². The molecule has 4 nitrogen and oxygen atoms in total. The van der Waals surface area contributed by atoms with Gasteiger partial charge in [0.1, 0.15) is 5.75 Å². The van der Waals surface area contributed by atoms with Crippen LogP contribution in [0.2, 0.25) is 0 Å². The van der Waals surface area contributed by atoms with Gasteiger partial charge in [-0.3, -0.25) is 4.68 Å². The van der Waals surface area contributed by atoms with E-state index in [2.05, 4.69) is 33.3 Å². The summed E-state index contributed by atoms with van der Waals surface area (Å²) in [6.45, 7) is 4.85. The molecule has 2 rings (SSSR count). The zero-order chi connectivity index (χ0) is 14.7. The van der Waals surface area contributed by atoms with Gasteiger partial charge in [0.15, 0.2) is 0 Å². The zero-order valence-electron chi connectivity index (χ0n) is 12.0. The minimum Gasteiger partial charge on any atom is -0.508 e. The monoisotopic (exact) mass is 337 g/mol. The van der Waals surface area contributed by atoms with Crippen molar-refractivity contribution in [2.45, 2.75) is 32.9 Å². The summed E-state index contributed by atoms with van der Waals surface area (Å²) in [5.41, 5.74) is 3.14. The van der Waals surface area contributed by atoms with Crippen LogP contribution in [0.3, 0.4) is 0 Å². The first kappa shape index (κ1) is 15.1. The van der Waals surface area contributed by atoms with Crippen LogP contribution in [0.1, 0.15) is 36.2 Å². The molecule has 0 radical (unpaired) electrons. The summed E-state index contributed by atoms with van der Waals surface area (Å²) in [5.74, 6) is 0.329. The highest BCUT2D eigenvalue weighted by atomic mass is 79.9. The topological polar surface area (TPSA) is 50.1 Å². The molecule has 0 bridgehead atoms. The molecule has 1 unspecified atom stereocenters. The van der Waals surface area contributed by atoms with E-state index in [4.69, 9.17) is 0 Å². The van der Waals surface area contributed by atoms with Crippen molar-refractivity contribution in [1.82, 2.24) is 15.1 Å². The molecule has 108 valence electrons. The van der Waals surface area contributed by atoms with E-state index in [1.54, 1.807) is 6.07 Å². The number of hydrogen-bond donors (Lipinski definition) is 2. The van der Waals surface area contributed by atoms with Gasteiger partial charge in [0, 0.05) is 41.4 Å². The Labute approximate surface area is 127 Å². The molecular formula is C15H20BrN3O. The van der Waals surface area contributed by atoms with Crippen molar-refractivity contribution >= 4 is 15.9 Å². The third-order valence-corrected chi connectivity index (χ3v) is 3.92. The SMILES string of the molecule is CCC(NCc1cn(C)nc1C)c1cc(Br)ccc1O. The van der Waals surface area contributed by atoms with E-state index in [0.717, 1.165) is 28.7 Å². The normalized spacial score (nSPS) is 12.6. The number of aromatic nitrogens is 2. The van der Waals surface area contributed by atoms with Crippen molar-refractivity contribution in [3.05, 3.63) is 45.7 Å². The van der Waals surface area contributed by atoms with Crippen LogP contribution in [-0.2, 0) is 13.6 Å². The highest BCUT2D eigenvalue weighted by molar-refractivity contribution is 9.10. The van der Waals surface area contributed by atoms with Crippen molar-refractivity contribution in [2.75, 3.05) is 0 Å². The van der Waals surface area contributed by atoms with Crippen LogP contribution >= 0.6 is 15.9 Å². The predicted molar refractivity (Wildman–Crippen MR) is 83.6 cm³/mol. The van der Waals surface area contributed by atoms with E-state index >= 15 is 0 Å². The van der Waals surface area contributed by atoms with Gasteiger partial charge < -0.3 is 10.4 Å². The summed E-state index contributed by atoms with van der Waals surface area (Å²) in [7, 11) is 1.92. The highest BCUT2D eigenvalue weighted by Gasteiger charge is 2.14. The molecule has 0 amide bonds. The third-order valence-electron chi connectivity index (χ3n) is 3.43. The van der Waals surface area contributed by atoms with Gasteiger partial charge in [-0.05, 0) is 31.5 Å². The fourth-order valence-corrected chi connectivity index (χ4v) is 2.71. The second kappa shape index (κ2) is 6.41. The number of nitrogens with zero attached hydrogens (tertiary/aromatic N) is 2. The maximum atomic E-state index is 10.0. The Morgan fingerprint density at radius 1 is 1.45 bits per heavy atom. The van der Waals surface area contributed by atoms with Crippen LogP contribution in [0.15, 0.2) is 28.9 Å². The second-order valence-electron chi connectivity index (χ2n) is 4.96. The predicted octanol–water partition coefficient (Wildman–Crippen LogP) is 3.44. The van der Waals surface area contributed by atoms with Crippen LogP contribution in [0.25, 0.3) is 0 Å². The fourth-order valence-electron chi connectivity index (χ4n) is 2.33. The van der Waals surface area contributed by atoms with Crippen LogP contribution in [0.4, 0.5) is 0 Å². The highest BCUT2D eigenvalue weighted by Crippen LogP contribution is 2.29. The summed E-state index contributed by atoms with van der Waals surface area (Å²) in [6, 6.07) is 5.65. The number of rotatable bonds is 5. The average Bonchev–Trinajstić information content (AvgIpc) is 2.72. The molecule has 0 fully saturated rings. The molecule has 0 aliphatic rings. The summed E-state index contributed by atoms with van der Waals surface area (Å²) in [6.07, 6.45) is 2.93. The van der Waals surface area contributed by atoms with Gasteiger partial charge >= 0.3 is 0 Å². The molecule has 0 aliphatic carbocycles. The maximum absolute atomic E-state index is 10.0. The average molecular weight is 338 g/mol. The van der Waals surface area contributed by atoms with Crippen LogP contribution in [0, 0.1) is 6.92 Å². The molecule has 2 N–H and O–H groups in total. The molecular weight excluding hydrogens is 318 g/mol. The minimum atomic E-state index is 0.118. The Kier molecular flexibility index (Phi) is 4.83. The van der Waals surface area contributed by atoms with Crippen molar-refractivity contribution in [3.63, 3.8) is 0 Å². The van der Waals surface area contributed by atoms with Gasteiger partial charge in [-0.2, -0.15) is 5.10 Å². The quantitative estimate of drug-likeness (QED) is 0.878. The van der Waals surface area contributed by atoms with Gasteiger partial charge in [0.2, 0.25) is 0 Å². The van der Waals surface area contributed by atoms with Gasteiger partial charge in [-0.25, -0.2) is 0 Å². The molecule has 0 saturated carbocycles. The third kappa shape index (κ3) is 3.41. The molecule has 1 heterocycles. The van der Waals surface area contributed by atoms with Crippen molar-refractivity contribution in [2.24, 2.45) is 7.05 Å². The van der Waals surface area contributed by atoms with E-state index in [1.165, 1.54) is 5.56 Å². The maximum Gasteiger partial charge on any atom is 0.120 e. The van der Waals surface area contributed by atoms with E-state index in [-0.39, 0.29) is 6.04 Å². The lowest BCUT2D eigenvalue weighted by Gasteiger charge is -2.18. The second-order valence-corrected chi connectivity index (χ2v) is 5.87. The Hall–Kier alpha value is -1.33. The number of phenols is 1. The Balaban J connectivity index is 2.13. The molecule has 0 saturated heterocycles. The molecule has 0 aliphatic heterocycles. The first-order chi connectivity index (χ1) is 9.51. The number of hydrogen-bond acceptors (Lipinski definition) is 3. The Morgan fingerprint density at radius 3 is 2.80 bits per heavy atom. The van der Waals surface area contributed by atoms with E-state index < -0.39 is 0 Å². The standard InChI is InChI=1S/C15H20BrN3O/c1-4-14(13-7-12(16)5-6-15(13)20)17-8-11-9-19(3)18-10(11)2/h5-7,9,14,17,20H,4,8H2,1-3H3. The Bertz CT molecular complexity index is 595. The lowest BCUT2D eigenvalue weighted by atomic mass is 10.0. The van der Waals surface area contributed by atoms with Gasteiger partial charge in [0.25, 0.3) is 0 Å². The lowest BCUT2D eigenvalue weighted by Crippen LogP contribution is -2.20. The first-order valence-electron chi connectivity index (χ1n) is 6.72. The fraction of sp³-hybridized carbons (Fsp3) is 0.400. The van der Waals surface area contributed by atoms with Crippen LogP contribution < -0.4 is 5.32 Å². The van der Waals surface area contributed by atoms with Crippen molar-refractivity contribution < 1.29 is 5.11 Å². The number of aromatic hydroxyl groups is 1. The summed E-state index contributed by atoms with van der Waals surface area (Å²) >= 11 is 3.45. The Morgan fingerprint density at radius 2 is 2.20 bits per heavy atom. The van der Waals surface area contributed by atoms with Gasteiger partial charge in [-0.15, -0.1) is 0 Å². The zero-order valence-corrected chi connectivity index (χ0v) is 13.6. The number of aryl methyl sites for hydroxylation is 2. The van der Waals surface area contributed by atoms with E-state index in [1.807, 2.05) is 37.0 Å². The summed E-state index contributed by atoms with van der Waals surface area (Å²) in [5, 5.41) is 17.8. The molecule has 2 aromatic rings. The van der Waals surface area contributed by atoms with Crippen LogP contribution in [-0.4, -0.2) is 14.9 Å². The molecule has 20 heavy (non-hydrogen) atoms. The molecule has 1 aromatic heterocycles. The molecule has 1 atom stereocenters. The largest absolute Gasteiger partial charge is 0.508 e. The molecule has 0 spiro atoms. The summed E-state index contributed by atoms with van der Waals surface area (Å²) < 4.78 is 2.80. The lowest BCUT2D eigenvalue weighted by molar-refractivity contribution is 0.440. The van der Waals surface area contributed by atoms with Gasteiger partial charge in [0.05, 0.1) is 5.69 Å². The smallest absolute Gasteiger partial charge is 0.120 e.